The first-order valence-electron chi connectivity index (χ1n) is 7.10. The fraction of sp³-hybridized carbons (Fsp3) is 0.400. The molecule has 1 fully saturated rings. The van der Waals surface area contributed by atoms with Crippen molar-refractivity contribution in [3.63, 3.8) is 0 Å². The highest BCUT2D eigenvalue weighted by molar-refractivity contribution is 5.95. The Kier molecular flexibility index (Phi) is 4.08. The van der Waals surface area contributed by atoms with Gasteiger partial charge in [0.25, 0.3) is 0 Å². The molecule has 0 saturated carbocycles. The summed E-state index contributed by atoms with van der Waals surface area (Å²) in [7, 11) is 0. The number of amides is 1. The van der Waals surface area contributed by atoms with Crippen molar-refractivity contribution in [1.29, 1.82) is 0 Å². The number of carbonyl (C=O) groups is 1. The van der Waals surface area contributed by atoms with Gasteiger partial charge in [-0.15, -0.1) is 0 Å². The molecule has 1 aromatic carbocycles. The molecule has 3 rings (SSSR count). The van der Waals surface area contributed by atoms with Crippen molar-refractivity contribution < 1.29 is 9.53 Å². The zero-order valence-electron chi connectivity index (χ0n) is 11.9. The highest BCUT2D eigenvalue weighted by Gasteiger charge is 2.33. The Bertz CT molecular complexity index is 646. The zero-order chi connectivity index (χ0) is 14.7. The zero-order valence-corrected chi connectivity index (χ0v) is 11.9. The second kappa shape index (κ2) is 6.15. The van der Waals surface area contributed by atoms with E-state index in [0.29, 0.717) is 13.2 Å². The largest absolute Gasteiger partial charge is 0.379 e. The average Bonchev–Trinajstić information content (AvgIpc) is 2.96. The minimum absolute atomic E-state index is 0.0262. The Labute approximate surface area is 122 Å². The van der Waals surface area contributed by atoms with Crippen molar-refractivity contribution in [2.45, 2.75) is 13.0 Å². The van der Waals surface area contributed by atoms with E-state index in [2.05, 4.69) is 20.6 Å². The lowest BCUT2D eigenvalue weighted by atomic mass is 10.0. The third-order valence-corrected chi connectivity index (χ3v) is 3.62. The van der Waals surface area contributed by atoms with Gasteiger partial charge in [-0.3, -0.25) is 14.8 Å². The van der Waals surface area contributed by atoms with Crippen molar-refractivity contribution in [2.24, 2.45) is 5.92 Å². The first-order valence-corrected chi connectivity index (χ1v) is 7.10. The van der Waals surface area contributed by atoms with E-state index < -0.39 is 0 Å². The molecule has 0 radical (unpaired) electrons. The molecule has 6 nitrogen and oxygen atoms in total. The summed E-state index contributed by atoms with van der Waals surface area (Å²) in [4.78, 5) is 20.8. The molecule has 21 heavy (non-hydrogen) atoms. The Balaban J connectivity index is 1.73. The molecule has 2 atom stereocenters. The lowest BCUT2D eigenvalue weighted by Crippen LogP contribution is -2.41. The van der Waals surface area contributed by atoms with Gasteiger partial charge in [0.2, 0.25) is 5.91 Å². The Hall–Kier alpha value is -2.05. The van der Waals surface area contributed by atoms with Crippen LogP contribution in [0.5, 0.6) is 0 Å². The number of nitrogens with one attached hydrogen (secondary N) is 2. The average molecular weight is 286 g/mol. The van der Waals surface area contributed by atoms with Crippen LogP contribution in [0.2, 0.25) is 0 Å². The molecule has 0 aliphatic carbocycles. The topological polar surface area (TPSA) is 76.1 Å². The van der Waals surface area contributed by atoms with Crippen molar-refractivity contribution >= 4 is 22.6 Å². The molecule has 6 heteroatoms. The maximum atomic E-state index is 12.4. The highest BCUT2D eigenvalue weighted by atomic mass is 16.5. The minimum Gasteiger partial charge on any atom is -0.379 e. The third kappa shape index (κ3) is 3.01. The van der Waals surface area contributed by atoms with Gasteiger partial charge in [0.1, 0.15) is 0 Å². The molecule has 2 N–H and O–H groups in total. The molecule has 110 valence electrons. The summed E-state index contributed by atoms with van der Waals surface area (Å²) < 4.78 is 5.41. The van der Waals surface area contributed by atoms with Crippen LogP contribution < -0.4 is 10.6 Å². The van der Waals surface area contributed by atoms with Crippen LogP contribution >= 0.6 is 0 Å². The van der Waals surface area contributed by atoms with E-state index in [1.165, 1.54) is 0 Å². The number of likely N-dealkylation sites (N-methyl/N-ethyl adjacent to an activating group) is 1. The van der Waals surface area contributed by atoms with Crippen molar-refractivity contribution in [3.05, 3.63) is 30.6 Å². The number of hydrogen-bond donors (Lipinski definition) is 2. The van der Waals surface area contributed by atoms with Crippen LogP contribution in [0.4, 0.5) is 5.69 Å². The second-order valence-electron chi connectivity index (χ2n) is 5.06. The van der Waals surface area contributed by atoms with E-state index in [1.54, 1.807) is 12.4 Å². The number of hydrogen-bond acceptors (Lipinski definition) is 5. The number of anilines is 1. The van der Waals surface area contributed by atoms with Gasteiger partial charge in [0.15, 0.2) is 0 Å². The SMILES string of the molecule is CCNC1COCC1C(=O)Nc1ccc2nccnc2c1. The van der Waals surface area contributed by atoms with Gasteiger partial charge in [0.05, 0.1) is 30.2 Å². The number of carbonyl (C=O) groups excluding carboxylic acids is 1. The number of benzene rings is 1. The molecule has 1 aromatic heterocycles. The third-order valence-electron chi connectivity index (χ3n) is 3.62. The van der Waals surface area contributed by atoms with Gasteiger partial charge < -0.3 is 15.4 Å². The molecule has 2 unspecified atom stereocenters. The highest BCUT2D eigenvalue weighted by Crippen LogP contribution is 2.19. The van der Waals surface area contributed by atoms with Crippen LogP contribution in [0, 0.1) is 5.92 Å². The molecular formula is C15H18N4O2. The summed E-state index contributed by atoms with van der Waals surface area (Å²) in [5, 5.41) is 6.22. The standard InChI is InChI=1S/C15H18N4O2/c1-2-16-14-9-21-8-11(14)15(20)19-10-3-4-12-13(7-10)18-6-5-17-12/h3-7,11,14,16H,2,8-9H2,1H3,(H,19,20). The molecule has 2 aromatic rings. The van der Waals surface area contributed by atoms with Crippen LogP contribution in [-0.4, -0.2) is 41.7 Å². The number of ether oxygens (including phenoxy) is 1. The van der Waals surface area contributed by atoms with Crippen molar-refractivity contribution in [1.82, 2.24) is 15.3 Å². The van der Waals surface area contributed by atoms with Crippen molar-refractivity contribution in [2.75, 3.05) is 25.1 Å². The van der Waals surface area contributed by atoms with Gasteiger partial charge in [-0.25, -0.2) is 0 Å². The first-order chi connectivity index (χ1) is 10.3. The predicted molar refractivity (Wildman–Crippen MR) is 79.9 cm³/mol. The van der Waals surface area contributed by atoms with E-state index in [0.717, 1.165) is 23.3 Å². The van der Waals surface area contributed by atoms with Crippen LogP contribution in [0.25, 0.3) is 11.0 Å². The van der Waals surface area contributed by atoms with E-state index in [9.17, 15) is 4.79 Å². The van der Waals surface area contributed by atoms with Gasteiger partial charge >= 0.3 is 0 Å². The van der Waals surface area contributed by atoms with Crippen LogP contribution in [0.3, 0.4) is 0 Å². The fourth-order valence-electron chi connectivity index (χ4n) is 2.55. The van der Waals surface area contributed by atoms with Gasteiger partial charge in [-0.05, 0) is 24.7 Å². The molecule has 1 aliphatic rings. The smallest absolute Gasteiger partial charge is 0.231 e. The van der Waals surface area contributed by atoms with Crippen molar-refractivity contribution in [3.8, 4) is 0 Å². The van der Waals surface area contributed by atoms with Gasteiger partial charge in [0, 0.05) is 24.1 Å². The Morgan fingerprint density at radius 1 is 1.29 bits per heavy atom. The van der Waals surface area contributed by atoms with E-state index in [4.69, 9.17) is 4.74 Å². The van der Waals surface area contributed by atoms with Crippen LogP contribution in [-0.2, 0) is 9.53 Å². The summed E-state index contributed by atoms with van der Waals surface area (Å²) in [5.41, 5.74) is 2.31. The van der Waals surface area contributed by atoms with Gasteiger partial charge in [-0.1, -0.05) is 6.92 Å². The Morgan fingerprint density at radius 3 is 2.90 bits per heavy atom. The molecule has 1 saturated heterocycles. The summed E-state index contributed by atoms with van der Waals surface area (Å²) in [6.07, 6.45) is 3.29. The summed E-state index contributed by atoms with van der Waals surface area (Å²) >= 11 is 0. The maximum Gasteiger partial charge on any atom is 0.231 e. The lowest BCUT2D eigenvalue weighted by molar-refractivity contribution is -0.120. The maximum absolute atomic E-state index is 12.4. The lowest BCUT2D eigenvalue weighted by Gasteiger charge is -2.17. The predicted octanol–water partition coefficient (Wildman–Crippen LogP) is 1.19. The quantitative estimate of drug-likeness (QED) is 0.883. The monoisotopic (exact) mass is 286 g/mol. The summed E-state index contributed by atoms with van der Waals surface area (Å²) in [6.45, 7) is 3.88. The molecule has 0 bridgehead atoms. The van der Waals surface area contributed by atoms with E-state index in [1.807, 2.05) is 25.1 Å². The Morgan fingerprint density at radius 2 is 2.10 bits per heavy atom. The number of fused-ring (bicyclic) bond motifs is 1. The minimum atomic E-state index is -0.164. The van der Waals surface area contributed by atoms with E-state index in [-0.39, 0.29) is 17.9 Å². The van der Waals surface area contributed by atoms with E-state index >= 15 is 0 Å². The molecule has 1 aliphatic heterocycles. The fourth-order valence-corrected chi connectivity index (χ4v) is 2.55. The van der Waals surface area contributed by atoms with Gasteiger partial charge in [-0.2, -0.15) is 0 Å². The first kappa shape index (κ1) is 13.9. The molecule has 2 heterocycles. The van der Waals surface area contributed by atoms with Crippen LogP contribution in [0.15, 0.2) is 30.6 Å². The molecular weight excluding hydrogens is 268 g/mol. The normalized spacial score (nSPS) is 21.6. The second-order valence-corrected chi connectivity index (χ2v) is 5.06. The number of aromatic nitrogens is 2. The number of nitrogens with zero attached hydrogens (tertiary/aromatic N) is 2. The molecule has 1 amide bonds. The summed E-state index contributed by atoms with van der Waals surface area (Å²) in [6, 6.07) is 5.60. The summed E-state index contributed by atoms with van der Waals surface area (Å²) in [5.74, 6) is -0.191. The van der Waals surface area contributed by atoms with Crippen LogP contribution in [0.1, 0.15) is 6.92 Å². The molecule has 0 spiro atoms. The number of rotatable bonds is 4.